The maximum absolute atomic E-state index is 12.7. The molecule has 0 aliphatic heterocycles. The van der Waals surface area contributed by atoms with Crippen LogP contribution in [-0.4, -0.2) is 135 Å². The number of carbonyl (C=O) groups excluding carboxylic acids is 6. The third kappa shape index (κ3) is 15.2. The second-order valence-electron chi connectivity index (χ2n) is 10.4. The minimum atomic E-state index is -1.94. The molecule has 0 fully saturated rings. The lowest BCUT2D eigenvalue weighted by molar-refractivity contribution is -0.158. The molecular weight excluding hydrogens is 620 g/mol. The molecule has 0 saturated carbocycles. The van der Waals surface area contributed by atoms with Gasteiger partial charge in [0.1, 0.15) is 54.9 Å². The predicted molar refractivity (Wildman–Crippen MR) is 154 cm³/mol. The maximum Gasteiger partial charge on any atom is 0.326 e. The number of carbonyl (C=O) groups is 8. The summed E-state index contributed by atoms with van der Waals surface area (Å²) in [4.78, 5) is 94.8. The molecule has 0 bridgehead atoms. The molecular formula is C26H44N6O14. The SMILES string of the molecule is CC(=O)N[C@@H](C=O)[C@@H](O[C@H](C)C(=O)N[C@@H](C)C(=O)N[C@@H](CCC(=O)N[C@@H](CCC[C@@H](N)C(N)=O)C(=O)O)C(=O)O)[C@@H](O)[C@H](O)CO. The first kappa shape index (κ1) is 41.8. The monoisotopic (exact) mass is 664 g/mol. The van der Waals surface area contributed by atoms with Gasteiger partial charge in [0.15, 0.2) is 0 Å². The van der Waals surface area contributed by atoms with Crippen molar-refractivity contribution in [2.45, 2.75) is 108 Å². The summed E-state index contributed by atoms with van der Waals surface area (Å²) in [6.07, 6.45) is -7.68. The Hall–Kier alpha value is -4.24. The number of hydrogen-bond donors (Lipinski definition) is 11. The molecule has 0 aliphatic carbocycles. The van der Waals surface area contributed by atoms with Crippen LogP contribution in [-0.2, 0) is 43.1 Å². The summed E-state index contributed by atoms with van der Waals surface area (Å²) >= 11 is 0. The second kappa shape index (κ2) is 20.7. The summed E-state index contributed by atoms with van der Waals surface area (Å²) in [6, 6.07) is -6.93. The van der Waals surface area contributed by atoms with Crippen LogP contribution in [0.5, 0.6) is 0 Å². The molecule has 0 heterocycles. The van der Waals surface area contributed by atoms with Crippen molar-refractivity contribution in [1.82, 2.24) is 21.3 Å². The Morgan fingerprint density at radius 1 is 0.848 bits per heavy atom. The molecule has 46 heavy (non-hydrogen) atoms. The molecule has 13 N–H and O–H groups in total. The Morgan fingerprint density at radius 3 is 1.89 bits per heavy atom. The molecule has 0 spiro atoms. The van der Waals surface area contributed by atoms with Crippen LogP contribution in [0.3, 0.4) is 0 Å². The number of nitrogens with one attached hydrogen (secondary N) is 4. The molecule has 0 rings (SSSR count). The molecule has 0 aliphatic rings. The first-order valence-electron chi connectivity index (χ1n) is 14.1. The minimum Gasteiger partial charge on any atom is -0.480 e. The summed E-state index contributed by atoms with van der Waals surface area (Å²) in [5.74, 6) is -7.24. The summed E-state index contributed by atoms with van der Waals surface area (Å²) in [5, 5.41) is 56.9. The molecule has 20 nitrogen and oxygen atoms in total. The topological polar surface area (TPSA) is 347 Å². The molecule has 20 heteroatoms. The van der Waals surface area contributed by atoms with Gasteiger partial charge in [0.2, 0.25) is 29.5 Å². The van der Waals surface area contributed by atoms with Crippen molar-refractivity contribution in [3.05, 3.63) is 0 Å². The van der Waals surface area contributed by atoms with Crippen LogP contribution in [0.25, 0.3) is 0 Å². The van der Waals surface area contributed by atoms with Gasteiger partial charge in [-0.05, 0) is 39.5 Å². The molecule has 0 aromatic carbocycles. The van der Waals surface area contributed by atoms with Crippen molar-refractivity contribution in [3.63, 3.8) is 0 Å². The van der Waals surface area contributed by atoms with Crippen LogP contribution in [0.15, 0.2) is 0 Å². The van der Waals surface area contributed by atoms with E-state index >= 15 is 0 Å². The Bertz CT molecular complexity index is 1090. The van der Waals surface area contributed by atoms with Gasteiger partial charge >= 0.3 is 11.9 Å². The maximum atomic E-state index is 12.7. The largest absolute Gasteiger partial charge is 0.480 e. The molecule has 0 aromatic heterocycles. The van der Waals surface area contributed by atoms with Crippen LogP contribution in [0.2, 0.25) is 0 Å². The van der Waals surface area contributed by atoms with Crippen molar-refractivity contribution >= 4 is 47.8 Å². The van der Waals surface area contributed by atoms with E-state index in [-0.39, 0.29) is 25.5 Å². The molecule has 0 aromatic rings. The third-order valence-corrected chi connectivity index (χ3v) is 6.55. The van der Waals surface area contributed by atoms with Gasteiger partial charge in [0.05, 0.1) is 12.6 Å². The lowest BCUT2D eigenvalue weighted by Crippen LogP contribution is -2.57. The first-order chi connectivity index (χ1) is 21.4. The number of aliphatic hydroxyl groups excluding tert-OH is 3. The van der Waals surface area contributed by atoms with E-state index in [9.17, 15) is 58.8 Å². The van der Waals surface area contributed by atoms with Gasteiger partial charge in [-0.15, -0.1) is 0 Å². The Kier molecular flexibility index (Phi) is 18.8. The standard InChI is InChI=1S/C26H44N6O14/c1-11(29-24(41)12(2)46-21(20(38)18(36)10-34)17(9-33)30-13(3)35)23(40)32-16(26(44)45)7-8-19(37)31-15(25(42)43)6-4-5-14(27)22(28)39/h9,11-12,14-18,20-21,34,36,38H,4-8,10,27H2,1-3H3,(H2,28,39)(H,29,41)(H,30,35)(H,31,37)(H,32,40)(H,42,43)(H,44,45)/t11-,12+,14+,15-,16-,17-,18+,20-,21+/m0/s1. The number of amides is 5. The predicted octanol–water partition coefficient (Wildman–Crippen LogP) is -5.42. The second-order valence-corrected chi connectivity index (χ2v) is 10.4. The van der Waals surface area contributed by atoms with Gasteiger partial charge in [0, 0.05) is 13.3 Å². The summed E-state index contributed by atoms with van der Waals surface area (Å²) in [7, 11) is 0. The van der Waals surface area contributed by atoms with Gasteiger partial charge < -0.3 is 67.8 Å². The number of ether oxygens (including phenoxy) is 1. The number of carboxylic acid groups (broad SMARTS) is 2. The zero-order chi connectivity index (χ0) is 35.7. The van der Waals surface area contributed by atoms with Crippen molar-refractivity contribution in [3.8, 4) is 0 Å². The van der Waals surface area contributed by atoms with Gasteiger partial charge in [-0.25, -0.2) is 9.59 Å². The number of primary amides is 1. The first-order valence-corrected chi connectivity index (χ1v) is 14.1. The molecule has 9 atom stereocenters. The smallest absolute Gasteiger partial charge is 0.326 e. The van der Waals surface area contributed by atoms with Crippen molar-refractivity contribution in [1.29, 1.82) is 0 Å². The van der Waals surface area contributed by atoms with E-state index in [4.69, 9.17) is 21.3 Å². The van der Waals surface area contributed by atoms with Crippen LogP contribution < -0.4 is 32.7 Å². The van der Waals surface area contributed by atoms with E-state index < -0.39 is 116 Å². The number of aliphatic hydroxyl groups is 3. The fourth-order valence-corrected chi connectivity index (χ4v) is 3.86. The minimum absolute atomic E-state index is 0.0768. The highest BCUT2D eigenvalue weighted by molar-refractivity contribution is 5.91. The van der Waals surface area contributed by atoms with Crippen molar-refractivity contribution in [2.24, 2.45) is 11.5 Å². The number of rotatable bonds is 23. The van der Waals surface area contributed by atoms with E-state index in [1.165, 1.54) is 6.92 Å². The van der Waals surface area contributed by atoms with Crippen LogP contribution in [0.4, 0.5) is 0 Å². The van der Waals surface area contributed by atoms with Gasteiger partial charge in [-0.1, -0.05) is 0 Å². The van der Waals surface area contributed by atoms with E-state index in [0.717, 1.165) is 13.8 Å². The lowest BCUT2D eigenvalue weighted by Gasteiger charge is -2.32. The summed E-state index contributed by atoms with van der Waals surface area (Å²) in [6.45, 7) is 2.43. The van der Waals surface area contributed by atoms with Crippen molar-refractivity contribution < 1.29 is 68.6 Å². The normalized spacial score (nSPS) is 16.9. The van der Waals surface area contributed by atoms with Crippen LogP contribution in [0.1, 0.15) is 52.9 Å². The third-order valence-electron chi connectivity index (χ3n) is 6.55. The Balaban J connectivity index is 5.24. The lowest BCUT2D eigenvalue weighted by atomic mass is 10.0. The number of aldehydes is 1. The molecule has 5 amide bonds. The fourth-order valence-electron chi connectivity index (χ4n) is 3.86. The quantitative estimate of drug-likeness (QED) is 0.0454. The molecule has 0 saturated heterocycles. The van der Waals surface area contributed by atoms with Gasteiger partial charge in [-0.3, -0.25) is 24.0 Å². The molecule has 262 valence electrons. The fraction of sp³-hybridized carbons (Fsp3) is 0.692. The number of carboxylic acids is 2. The zero-order valence-electron chi connectivity index (χ0n) is 25.6. The Morgan fingerprint density at radius 2 is 1.41 bits per heavy atom. The number of nitrogens with two attached hydrogens (primary N) is 2. The van der Waals surface area contributed by atoms with Gasteiger partial charge in [-0.2, -0.15) is 0 Å². The average molecular weight is 665 g/mol. The zero-order valence-corrected chi connectivity index (χ0v) is 25.6. The highest BCUT2D eigenvalue weighted by Crippen LogP contribution is 2.13. The van der Waals surface area contributed by atoms with Gasteiger partial charge in [0.25, 0.3) is 0 Å². The van der Waals surface area contributed by atoms with Crippen LogP contribution in [0, 0.1) is 0 Å². The summed E-state index contributed by atoms with van der Waals surface area (Å²) < 4.78 is 5.39. The van der Waals surface area contributed by atoms with Crippen LogP contribution >= 0.6 is 0 Å². The Labute approximate surface area is 263 Å². The average Bonchev–Trinajstić information content (AvgIpc) is 2.98. The van der Waals surface area contributed by atoms with E-state index in [2.05, 4.69) is 21.3 Å². The summed E-state index contributed by atoms with van der Waals surface area (Å²) in [5.41, 5.74) is 10.5. The number of aliphatic carboxylic acids is 2. The highest BCUT2D eigenvalue weighted by atomic mass is 16.5. The van der Waals surface area contributed by atoms with E-state index in [0.29, 0.717) is 0 Å². The van der Waals surface area contributed by atoms with E-state index in [1.807, 2.05) is 0 Å². The number of hydrogen-bond acceptors (Lipinski definition) is 13. The highest BCUT2D eigenvalue weighted by Gasteiger charge is 2.37. The van der Waals surface area contributed by atoms with E-state index in [1.54, 1.807) is 0 Å². The molecule has 0 unspecified atom stereocenters. The molecule has 0 radical (unpaired) electrons. The van der Waals surface area contributed by atoms with Crippen molar-refractivity contribution in [2.75, 3.05) is 6.61 Å².